The van der Waals surface area contributed by atoms with Gasteiger partial charge < -0.3 is 10.5 Å². The molecule has 1 aromatic rings. The van der Waals surface area contributed by atoms with Crippen LogP contribution >= 0.6 is 11.6 Å². The van der Waals surface area contributed by atoms with Gasteiger partial charge in [-0.1, -0.05) is 24.6 Å². The molecule has 3 nitrogen and oxygen atoms in total. The van der Waals surface area contributed by atoms with Crippen molar-refractivity contribution in [1.29, 1.82) is 5.41 Å². The lowest BCUT2D eigenvalue weighted by Gasteiger charge is -2.17. The molecule has 0 aromatic heterocycles. The van der Waals surface area contributed by atoms with Crippen molar-refractivity contribution in [3.8, 4) is 5.75 Å². The minimum absolute atomic E-state index is 0.0855. The molecule has 0 saturated heterocycles. The van der Waals surface area contributed by atoms with Gasteiger partial charge in [0.05, 0.1) is 10.9 Å². The predicted octanol–water partition coefficient (Wildman–Crippen LogP) is 3.13. The minimum Gasteiger partial charge on any atom is -0.488 e. The van der Waals surface area contributed by atoms with Crippen LogP contribution in [0.15, 0.2) is 18.2 Å². The molecule has 0 bridgehead atoms. The summed E-state index contributed by atoms with van der Waals surface area (Å²) in [6, 6.07) is 5.65. The third-order valence-electron chi connectivity index (χ3n) is 2.28. The fourth-order valence-electron chi connectivity index (χ4n) is 1.40. The second-order valence-corrected chi connectivity index (χ2v) is 4.22. The number of nitrogens with one attached hydrogen (secondary N) is 1. The van der Waals surface area contributed by atoms with Crippen molar-refractivity contribution in [2.75, 3.05) is 0 Å². The number of halogens is 1. The van der Waals surface area contributed by atoms with Crippen LogP contribution in [0.5, 0.6) is 5.75 Å². The lowest BCUT2D eigenvalue weighted by atomic mass is 10.2. The van der Waals surface area contributed by atoms with E-state index in [0.29, 0.717) is 17.2 Å². The van der Waals surface area contributed by atoms with Gasteiger partial charge in [-0.05, 0) is 31.0 Å². The van der Waals surface area contributed by atoms with E-state index in [-0.39, 0.29) is 11.9 Å². The zero-order valence-corrected chi connectivity index (χ0v) is 10.3. The van der Waals surface area contributed by atoms with Gasteiger partial charge in [-0.25, -0.2) is 0 Å². The summed E-state index contributed by atoms with van der Waals surface area (Å²) in [6.07, 6.45) is 1.14. The van der Waals surface area contributed by atoms with Gasteiger partial charge in [-0.3, -0.25) is 5.41 Å². The van der Waals surface area contributed by atoms with Crippen molar-refractivity contribution >= 4 is 17.4 Å². The maximum absolute atomic E-state index is 7.25. The minimum atomic E-state index is -0.0855. The van der Waals surface area contributed by atoms with Crippen molar-refractivity contribution < 1.29 is 4.74 Å². The van der Waals surface area contributed by atoms with Crippen LogP contribution in [0.1, 0.15) is 25.3 Å². The molecule has 0 aliphatic heterocycles. The number of benzene rings is 1. The Labute approximate surface area is 101 Å². The quantitative estimate of drug-likeness (QED) is 0.614. The first kappa shape index (κ1) is 12.8. The highest BCUT2D eigenvalue weighted by molar-refractivity contribution is 6.32. The number of aryl methyl sites for hydroxylation is 1. The molecule has 0 amide bonds. The van der Waals surface area contributed by atoms with E-state index >= 15 is 0 Å². The first-order valence-electron chi connectivity index (χ1n) is 5.28. The standard InChI is InChI=1S/C12H17ClN2O/c1-3-9(7-12(14)15)16-11-5-4-8(2)6-10(11)13/h4-6,9H,3,7H2,1-2H3,(H3,14,15). The van der Waals surface area contributed by atoms with Crippen LogP contribution in [-0.2, 0) is 0 Å². The lowest BCUT2D eigenvalue weighted by Crippen LogP contribution is -2.24. The number of nitrogens with two attached hydrogens (primary N) is 1. The first-order chi connectivity index (χ1) is 7.52. The van der Waals surface area contributed by atoms with Gasteiger partial charge in [-0.2, -0.15) is 0 Å². The third-order valence-corrected chi connectivity index (χ3v) is 2.58. The summed E-state index contributed by atoms with van der Waals surface area (Å²) in [5, 5.41) is 7.85. The second-order valence-electron chi connectivity index (χ2n) is 3.81. The van der Waals surface area contributed by atoms with Gasteiger partial charge in [0.1, 0.15) is 11.9 Å². The van der Waals surface area contributed by atoms with Crippen molar-refractivity contribution in [2.24, 2.45) is 5.73 Å². The highest BCUT2D eigenvalue weighted by Gasteiger charge is 2.11. The fourth-order valence-corrected chi connectivity index (χ4v) is 1.68. The second kappa shape index (κ2) is 5.75. The molecule has 1 rings (SSSR count). The van der Waals surface area contributed by atoms with Crippen LogP contribution in [0.4, 0.5) is 0 Å². The van der Waals surface area contributed by atoms with E-state index in [4.69, 9.17) is 27.5 Å². The van der Waals surface area contributed by atoms with Crippen LogP contribution in [0.2, 0.25) is 5.02 Å². The lowest BCUT2D eigenvalue weighted by molar-refractivity contribution is 0.204. The van der Waals surface area contributed by atoms with Crippen molar-refractivity contribution in [3.63, 3.8) is 0 Å². The summed E-state index contributed by atoms with van der Waals surface area (Å²) in [4.78, 5) is 0. The van der Waals surface area contributed by atoms with Gasteiger partial charge in [0.15, 0.2) is 0 Å². The van der Waals surface area contributed by atoms with E-state index in [2.05, 4.69) is 0 Å². The topological polar surface area (TPSA) is 59.1 Å². The highest BCUT2D eigenvalue weighted by Crippen LogP contribution is 2.27. The van der Waals surface area contributed by atoms with E-state index in [9.17, 15) is 0 Å². The fraction of sp³-hybridized carbons (Fsp3) is 0.417. The molecule has 88 valence electrons. The molecule has 1 unspecified atom stereocenters. The summed E-state index contributed by atoms with van der Waals surface area (Å²) in [5.74, 6) is 0.787. The zero-order chi connectivity index (χ0) is 12.1. The van der Waals surface area contributed by atoms with Crippen LogP contribution in [0, 0.1) is 12.3 Å². The van der Waals surface area contributed by atoms with Gasteiger partial charge in [0.25, 0.3) is 0 Å². The van der Waals surface area contributed by atoms with Crippen LogP contribution in [0.25, 0.3) is 0 Å². The highest BCUT2D eigenvalue weighted by atomic mass is 35.5. The van der Waals surface area contributed by atoms with Crippen molar-refractivity contribution in [2.45, 2.75) is 32.8 Å². The van der Waals surface area contributed by atoms with E-state index in [1.807, 2.05) is 32.0 Å². The Hall–Kier alpha value is -1.22. The van der Waals surface area contributed by atoms with Crippen LogP contribution in [0.3, 0.4) is 0 Å². The van der Waals surface area contributed by atoms with Crippen molar-refractivity contribution in [3.05, 3.63) is 28.8 Å². The molecule has 0 radical (unpaired) electrons. The Bertz CT molecular complexity index is 379. The molecule has 0 heterocycles. The molecule has 0 fully saturated rings. The molecule has 0 aliphatic carbocycles. The Kier molecular flexibility index (Phi) is 4.62. The molecule has 3 N–H and O–H groups in total. The largest absolute Gasteiger partial charge is 0.488 e. The van der Waals surface area contributed by atoms with Gasteiger partial charge >= 0.3 is 0 Å². The maximum atomic E-state index is 7.25. The Balaban J connectivity index is 2.73. The summed E-state index contributed by atoms with van der Waals surface area (Å²) in [7, 11) is 0. The molecule has 1 aromatic carbocycles. The summed E-state index contributed by atoms with van der Waals surface area (Å²) < 4.78 is 5.71. The summed E-state index contributed by atoms with van der Waals surface area (Å²) in [6.45, 7) is 3.97. The molecule has 4 heteroatoms. The van der Waals surface area contributed by atoms with E-state index in [1.54, 1.807) is 0 Å². The number of ether oxygens (including phenoxy) is 1. The van der Waals surface area contributed by atoms with Gasteiger partial charge in [0, 0.05) is 6.42 Å². The monoisotopic (exact) mass is 240 g/mol. The number of hydrogen-bond donors (Lipinski definition) is 2. The molecule has 0 aliphatic rings. The number of hydrogen-bond acceptors (Lipinski definition) is 2. The molecular weight excluding hydrogens is 224 g/mol. The van der Waals surface area contributed by atoms with Gasteiger partial charge in [0.2, 0.25) is 0 Å². The van der Waals surface area contributed by atoms with Crippen LogP contribution < -0.4 is 10.5 Å². The molecule has 16 heavy (non-hydrogen) atoms. The zero-order valence-electron chi connectivity index (χ0n) is 9.59. The average molecular weight is 241 g/mol. The normalized spacial score (nSPS) is 12.2. The third kappa shape index (κ3) is 3.74. The van der Waals surface area contributed by atoms with Crippen molar-refractivity contribution in [1.82, 2.24) is 0 Å². The summed E-state index contributed by atoms with van der Waals surface area (Å²) in [5.41, 5.74) is 6.45. The van der Waals surface area contributed by atoms with E-state index < -0.39 is 0 Å². The smallest absolute Gasteiger partial charge is 0.138 e. The van der Waals surface area contributed by atoms with Crippen LogP contribution in [-0.4, -0.2) is 11.9 Å². The molecule has 0 spiro atoms. The Morgan fingerprint density at radius 1 is 1.56 bits per heavy atom. The van der Waals surface area contributed by atoms with E-state index in [1.165, 1.54) is 0 Å². The van der Waals surface area contributed by atoms with Gasteiger partial charge in [-0.15, -0.1) is 0 Å². The maximum Gasteiger partial charge on any atom is 0.138 e. The predicted molar refractivity (Wildman–Crippen MR) is 67.4 cm³/mol. The Morgan fingerprint density at radius 2 is 2.25 bits per heavy atom. The van der Waals surface area contributed by atoms with E-state index in [0.717, 1.165) is 12.0 Å². The SMILES string of the molecule is CCC(CC(=N)N)Oc1ccc(C)cc1Cl. The summed E-state index contributed by atoms with van der Waals surface area (Å²) >= 11 is 6.06. The molecule has 0 saturated carbocycles. The number of amidine groups is 1. The average Bonchev–Trinajstić information content (AvgIpc) is 2.20. The number of rotatable bonds is 5. The molecular formula is C12H17ClN2O. The molecule has 1 atom stereocenters. The Morgan fingerprint density at radius 3 is 2.75 bits per heavy atom. The first-order valence-corrected chi connectivity index (χ1v) is 5.66.